The first-order chi connectivity index (χ1) is 21.5. The number of anilines is 2. The number of primary amides is 1. The normalized spacial score (nSPS) is 18.2. The number of nitrogens with one attached hydrogen (secondary N) is 1. The van der Waals surface area contributed by atoms with E-state index in [4.69, 9.17) is 10.5 Å². The predicted octanol–water partition coefficient (Wildman–Crippen LogP) is 4.52. The van der Waals surface area contributed by atoms with Crippen LogP contribution in [0.5, 0.6) is 0 Å². The summed E-state index contributed by atoms with van der Waals surface area (Å²) in [6.07, 6.45) is 10.7. The van der Waals surface area contributed by atoms with Gasteiger partial charge >= 0.3 is 0 Å². The molecule has 0 bridgehead atoms. The minimum Gasteiger partial charge on any atom is -0.378 e. The van der Waals surface area contributed by atoms with Crippen LogP contribution in [-0.4, -0.2) is 70.1 Å². The first-order valence-corrected chi connectivity index (χ1v) is 16.1. The van der Waals surface area contributed by atoms with E-state index >= 15 is 0 Å². The fraction of sp³-hybridized carbons (Fsp3) is 0.545. The van der Waals surface area contributed by atoms with Crippen molar-refractivity contribution in [1.82, 2.24) is 19.4 Å². The summed E-state index contributed by atoms with van der Waals surface area (Å²) in [5.41, 5.74) is 8.74. The summed E-state index contributed by atoms with van der Waals surface area (Å²) < 4.78 is 7.49. The Morgan fingerprint density at radius 1 is 1.00 bits per heavy atom. The Morgan fingerprint density at radius 2 is 1.68 bits per heavy atom. The van der Waals surface area contributed by atoms with Gasteiger partial charge in [-0.1, -0.05) is 50.7 Å². The zero-order valence-corrected chi connectivity index (χ0v) is 25.3. The van der Waals surface area contributed by atoms with Crippen LogP contribution in [0.3, 0.4) is 0 Å². The van der Waals surface area contributed by atoms with Crippen molar-refractivity contribution in [2.45, 2.75) is 82.8 Å². The number of rotatable bonds is 9. The highest BCUT2D eigenvalue weighted by Gasteiger charge is 2.30. The highest BCUT2D eigenvalue weighted by Crippen LogP contribution is 2.36. The second kappa shape index (κ2) is 13.6. The molecule has 3 N–H and O–H groups in total. The van der Waals surface area contributed by atoms with E-state index in [2.05, 4.69) is 38.4 Å². The lowest BCUT2D eigenvalue weighted by Crippen LogP contribution is -2.39. The van der Waals surface area contributed by atoms with E-state index in [1.165, 1.54) is 11.3 Å². The summed E-state index contributed by atoms with van der Waals surface area (Å²) in [4.78, 5) is 39.7. The molecule has 3 fully saturated rings. The number of nitrogens with two attached hydrogens (primary N) is 1. The molecule has 2 aliphatic carbocycles. The number of carbonyl (C=O) groups excluding carboxylic acids is 2. The van der Waals surface area contributed by atoms with Crippen LogP contribution in [-0.2, 0) is 16.1 Å². The average Bonchev–Trinajstić information content (AvgIpc) is 3.45. The van der Waals surface area contributed by atoms with Gasteiger partial charge in [0.25, 0.3) is 5.91 Å². The van der Waals surface area contributed by atoms with Gasteiger partial charge in [0, 0.05) is 37.4 Å². The molecule has 0 unspecified atom stereocenters. The first kappa shape index (κ1) is 29.9. The third-order valence-electron chi connectivity index (χ3n) is 9.22. The van der Waals surface area contributed by atoms with Crippen molar-refractivity contribution in [3.8, 4) is 6.07 Å². The lowest BCUT2D eigenvalue weighted by molar-refractivity contribution is -0.118. The van der Waals surface area contributed by atoms with Crippen LogP contribution in [0.1, 0.15) is 92.1 Å². The third-order valence-corrected chi connectivity index (χ3v) is 9.22. The van der Waals surface area contributed by atoms with Gasteiger partial charge in [0.1, 0.15) is 29.8 Å². The second-order valence-electron chi connectivity index (χ2n) is 12.3. The highest BCUT2D eigenvalue weighted by molar-refractivity contribution is 6.02. The first-order valence-electron chi connectivity index (χ1n) is 16.1. The minimum atomic E-state index is -0.574. The minimum absolute atomic E-state index is 0.0624. The number of nitrogens with zero attached hydrogens (tertiary/aromatic N) is 6. The van der Waals surface area contributed by atoms with Gasteiger partial charge in [-0.2, -0.15) is 5.26 Å². The largest absolute Gasteiger partial charge is 0.378 e. The van der Waals surface area contributed by atoms with Gasteiger partial charge in [-0.25, -0.2) is 9.97 Å². The molecule has 2 saturated carbocycles. The molecule has 3 aromatic rings. The van der Waals surface area contributed by atoms with Crippen molar-refractivity contribution in [3.63, 3.8) is 0 Å². The molecule has 2 amide bonds. The summed E-state index contributed by atoms with van der Waals surface area (Å²) in [7, 11) is 0. The number of amides is 2. The Kier molecular flexibility index (Phi) is 9.26. The van der Waals surface area contributed by atoms with E-state index in [0.29, 0.717) is 30.4 Å². The van der Waals surface area contributed by atoms with E-state index in [9.17, 15) is 14.9 Å². The maximum absolute atomic E-state index is 14.4. The summed E-state index contributed by atoms with van der Waals surface area (Å²) in [5, 5.41) is 14.2. The van der Waals surface area contributed by atoms with E-state index in [1.54, 1.807) is 0 Å². The van der Waals surface area contributed by atoms with Crippen molar-refractivity contribution in [2.24, 2.45) is 5.73 Å². The number of hydrogen-bond acceptors (Lipinski definition) is 8. The van der Waals surface area contributed by atoms with Crippen molar-refractivity contribution in [2.75, 3.05) is 43.1 Å². The number of fused-ring (bicyclic) bond motifs is 1. The summed E-state index contributed by atoms with van der Waals surface area (Å²) in [6.45, 7) is 3.11. The van der Waals surface area contributed by atoms with Gasteiger partial charge in [-0.05, 0) is 49.4 Å². The fourth-order valence-corrected chi connectivity index (χ4v) is 6.97. The number of hydrogen-bond donors (Lipinski definition) is 2. The average molecular weight is 599 g/mol. The van der Waals surface area contributed by atoms with Crippen LogP contribution in [0.25, 0.3) is 11.0 Å². The molecule has 44 heavy (non-hydrogen) atoms. The van der Waals surface area contributed by atoms with Crippen molar-refractivity contribution in [1.29, 1.82) is 5.26 Å². The molecule has 0 spiro atoms. The van der Waals surface area contributed by atoms with Crippen LogP contribution >= 0.6 is 0 Å². The van der Waals surface area contributed by atoms with Crippen molar-refractivity contribution in [3.05, 3.63) is 47.4 Å². The number of nitriles is 1. The molecule has 1 saturated heterocycles. The van der Waals surface area contributed by atoms with E-state index in [0.717, 1.165) is 87.5 Å². The van der Waals surface area contributed by atoms with Crippen LogP contribution < -0.4 is 16.0 Å². The molecule has 0 atom stereocenters. The van der Waals surface area contributed by atoms with Crippen LogP contribution in [0.15, 0.2) is 30.3 Å². The number of ether oxygens (including phenoxy) is 1. The topological polar surface area (TPSA) is 142 Å². The van der Waals surface area contributed by atoms with Gasteiger partial charge in [-0.15, -0.1) is 0 Å². The molecule has 11 nitrogen and oxygen atoms in total. The van der Waals surface area contributed by atoms with Crippen LogP contribution in [0.4, 0.5) is 11.5 Å². The summed E-state index contributed by atoms with van der Waals surface area (Å²) in [6, 6.07) is 12.4. The van der Waals surface area contributed by atoms with Gasteiger partial charge in [0.2, 0.25) is 11.7 Å². The van der Waals surface area contributed by atoms with E-state index in [-0.39, 0.29) is 36.9 Å². The van der Waals surface area contributed by atoms with Gasteiger partial charge in [0.15, 0.2) is 0 Å². The molecule has 0 radical (unpaired) electrons. The number of aromatic nitrogens is 3. The molecule has 3 aliphatic rings. The Labute approximate surface area is 258 Å². The number of morpholine rings is 1. The predicted molar refractivity (Wildman–Crippen MR) is 168 cm³/mol. The molecule has 11 heteroatoms. The quantitative estimate of drug-likeness (QED) is 0.366. The summed E-state index contributed by atoms with van der Waals surface area (Å²) in [5.74, 6) is -0.178. The van der Waals surface area contributed by atoms with E-state index in [1.807, 2.05) is 22.8 Å². The smallest absolute Gasteiger partial charge is 0.271 e. The lowest BCUT2D eigenvalue weighted by atomic mass is 9.95. The Hall–Kier alpha value is -4.17. The zero-order chi connectivity index (χ0) is 30.5. The molecule has 1 aromatic carbocycles. The zero-order valence-electron chi connectivity index (χ0n) is 25.3. The van der Waals surface area contributed by atoms with Gasteiger partial charge in [0.05, 0.1) is 18.6 Å². The Morgan fingerprint density at radius 3 is 2.34 bits per heavy atom. The van der Waals surface area contributed by atoms with Crippen LogP contribution in [0, 0.1) is 11.3 Å². The Bertz CT molecular complexity index is 1510. The van der Waals surface area contributed by atoms with Crippen LogP contribution in [0.2, 0.25) is 0 Å². The molecule has 232 valence electrons. The molecular weight excluding hydrogens is 556 g/mol. The standard InChI is InChI=1S/C33H42N8O3/c34-20-30-37-31(36-24-7-3-1-4-8-24)27-19-28(41(32(27)38-30)26-9-5-2-6-10-26)33(43)40(22-29(35)42)21-23-11-13-25(14-12-23)39-15-17-44-18-16-39/h11-14,19,24,26H,1-10,15-18,21-22H2,(H2,35,42)(H,36,37,38). The lowest BCUT2D eigenvalue weighted by Gasteiger charge is -2.29. The van der Waals surface area contributed by atoms with Gasteiger partial charge < -0.3 is 30.2 Å². The monoisotopic (exact) mass is 598 g/mol. The number of carbonyl (C=O) groups is 2. The molecule has 6 rings (SSSR count). The number of benzene rings is 1. The second-order valence-corrected chi connectivity index (χ2v) is 12.3. The maximum Gasteiger partial charge on any atom is 0.271 e. The van der Waals surface area contributed by atoms with Crippen molar-refractivity contribution < 1.29 is 14.3 Å². The SMILES string of the molecule is N#Cc1nc(NC2CCCCC2)c2cc(C(=O)N(CC(N)=O)Cc3ccc(N4CCOCC4)cc3)n(C3CCCCC3)c2n1. The molecule has 2 aromatic heterocycles. The highest BCUT2D eigenvalue weighted by atomic mass is 16.5. The molecular formula is C33H42N8O3. The van der Waals surface area contributed by atoms with Gasteiger partial charge in [-0.3, -0.25) is 9.59 Å². The summed E-state index contributed by atoms with van der Waals surface area (Å²) >= 11 is 0. The molecule has 1 aliphatic heterocycles. The fourth-order valence-electron chi connectivity index (χ4n) is 6.97. The maximum atomic E-state index is 14.4. The Balaban J connectivity index is 1.36. The van der Waals surface area contributed by atoms with E-state index < -0.39 is 5.91 Å². The van der Waals surface area contributed by atoms with Crippen molar-refractivity contribution >= 4 is 34.4 Å². The molecule has 3 heterocycles. The third kappa shape index (κ3) is 6.65.